The van der Waals surface area contributed by atoms with Crippen LogP contribution >= 0.6 is 0 Å². The third-order valence-corrected chi connectivity index (χ3v) is 6.19. The second-order valence-corrected chi connectivity index (χ2v) is 8.75. The Balaban J connectivity index is 1.59. The van der Waals surface area contributed by atoms with Gasteiger partial charge in [-0.05, 0) is 37.5 Å². The maximum Gasteiger partial charge on any atom is 0.233 e. The molecule has 4 rings (SSSR count). The predicted octanol–water partition coefficient (Wildman–Crippen LogP) is 3.24. The summed E-state index contributed by atoms with van der Waals surface area (Å²) >= 11 is 0. The molecule has 0 N–H and O–H groups in total. The normalized spacial score (nSPS) is 18.5. The van der Waals surface area contributed by atoms with Crippen LogP contribution in [0, 0.1) is 12.8 Å². The molecule has 2 aromatic rings. The van der Waals surface area contributed by atoms with Crippen molar-refractivity contribution in [2.45, 2.75) is 52.5 Å². The minimum atomic E-state index is -0.0148. The molecule has 2 aliphatic heterocycles. The van der Waals surface area contributed by atoms with Gasteiger partial charge in [0.1, 0.15) is 17.4 Å². The van der Waals surface area contributed by atoms with Crippen molar-refractivity contribution in [3.63, 3.8) is 0 Å². The molecule has 0 aliphatic carbocycles. The lowest BCUT2D eigenvalue weighted by Crippen LogP contribution is -2.41. The Morgan fingerprint density at radius 1 is 1.23 bits per heavy atom. The first kappa shape index (κ1) is 21.3. The van der Waals surface area contributed by atoms with E-state index in [1.165, 1.54) is 0 Å². The molecule has 1 fully saturated rings. The van der Waals surface area contributed by atoms with Crippen molar-refractivity contribution in [2.24, 2.45) is 5.92 Å². The summed E-state index contributed by atoms with van der Waals surface area (Å²) < 4.78 is 5.23. The number of benzene rings is 1. The van der Waals surface area contributed by atoms with Crippen molar-refractivity contribution < 1.29 is 14.3 Å². The molecule has 0 saturated carbocycles. The molecule has 1 aromatic heterocycles. The Hall–Kier alpha value is -2.96. The number of carbonyl (C=O) groups is 2. The number of amides is 2. The summed E-state index contributed by atoms with van der Waals surface area (Å²) in [5, 5.41) is 0. The quantitative estimate of drug-likeness (QED) is 0.739. The number of aryl methyl sites for hydroxylation is 1. The van der Waals surface area contributed by atoms with Crippen LogP contribution in [0.5, 0.6) is 5.75 Å². The number of nitrogens with zero attached hydrogens (tertiary/aromatic N) is 4. The zero-order valence-corrected chi connectivity index (χ0v) is 18.7. The van der Waals surface area contributed by atoms with Gasteiger partial charge in [0.05, 0.1) is 20.1 Å². The van der Waals surface area contributed by atoms with E-state index >= 15 is 0 Å². The highest BCUT2D eigenvalue weighted by molar-refractivity contribution is 6.00. The Morgan fingerprint density at radius 2 is 1.97 bits per heavy atom. The second kappa shape index (κ2) is 8.65. The number of piperidine rings is 1. The number of methoxy groups -OCH3 is 1. The summed E-state index contributed by atoms with van der Waals surface area (Å²) in [6.07, 6.45) is 2.23. The first-order valence-electron chi connectivity index (χ1n) is 11.0. The van der Waals surface area contributed by atoms with Crippen LogP contribution in [0.1, 0.15) is 55.3 Å². The minimum absolute atomic E-state index is 0.0148. The fraction of sp³-hybridized carbons (Fsp3) is 0.500. The number of ether oxygens (including phenoxy) is 1. The highest BCUT2D eigenvalue weighted by atomic mass is 16.5. The van der Waals surface area contributed by atoms with Gasteiger partial charge in [-0.25, -0.2) is 9.97 Å². The molecule has 0 unspecified atom stereocenters. The summed E-state index contributed by atoms with van der Waals surface area (Å²) in [5.74, 6) is 2.55. The standard InChI is InChI=1S/C24H30N4O3/c1-15(2)24(30)27-11-5-6-18(14-27)22-25-16(3)20-12-21(29)28(23(20)26-22)13-17-7-9-19(31-4)10-8-17/h7-10,15,18H,5-6,11-14H2,1-4H3/t18-/m1/s1. The van der Waals surface area contributed by atoms with Gasteiger partial charge in [-0.2, -0.15) is 0 Å². The topological polar surface area (TPSA) is 75.6 Å². The van der Waals surface area contributed by atoms with Gasteiger partial charge in [0.15, 0.2) is 0 Å². The lowest BCUT2D eigenvalue weighted by molar-refractivity contribution is -0.135. The van der Waals surface area contributed by atoms with E-state index in [4.69, 9.17) is 14.7 Å². The maximum atomic E-state index is 12.8. The van der Waals surface area contributed by atoms with E-state index in [-0.39, 0.29) is 23.7 Å². The van der Waals surface area contributed by atoms with Gasteiger partial charge in [-0.3, -0.25) is 14.5 Å². The van der Waals surface area contributed by atoms with Crippen molar-refractivity contribution >= 4 is 17.6 Å². The van der Waals surface area contributed by atoms with E-state index in [0.717, 1.165) is 53.6 Å². The van der Waals surface area contributed by atoms with Crippen molar-refractivity contribution in [1.29, 1.82) is 0 Å². The molecule has 0 spiro atoms. The molecule has 0 radical (unpaired) electrons. The van der Waals surface area contributed by atoms with Crippen LogP contribution in [-0.2, 0) is 22.6 Å². The Labute approximate surface area is 183 Å². The minimum Gasteiger partial charge on any atom is -0.497 e. The van der Waals surface area contributed by atoms with Crippen LogP contribution in [0.25, 0.3) is 0 Å². The summed E-state index contributed by atoms with van der Waals surface area (Å²) in [4.78, 5) is 38.6. The van der Waals surface area contributed by atoms with Crippen LogP contribution in [0.2, 0.25) is 0 Å². The van der Waals surface area contributed by atoms with Gasteiger partial charge < -0.3 is 9.64 Å². The van der Waals surface area contributed by atoms with Crippen molar-refractivity contribution in [1.82, 2.24) is 14.9 Å². The van der Waals surface area contributed by atoms with Gasteiger partial charge in [0.2, 0.25) is 11.8 Å². The van der Waals surface area contributed by atoms with Crippen molar-refractivity contribution in [3.8, 4) is 5.75 Å². The van der Waals surface area contributed by atoms with Gasteiger partial charge in [0.25, 0.3) is 0 Å². The van der Waals surface area contributed by atoms with Crippen LogP contribution < -0.4 is 9.64 Å². The van der Waals surface area contributed by atoms with Gasteiger partial charge >= 0.3 is 0 Å². The lowest BCUT2D eigenvalue weighted by Gasteiger charge is -2.33. The summed E-state index contributed by atoms with van der Waals surface area (Å²) in [5.41, 5.74) is 2.79. The molecule has 2 aliphatic rings. The molecule has 164 valence electrons. The van der Waals surface area contributed by atoms with Crippen LogP contribution in [-0.4, -0.2) is 46.9 Å². The zero-order valence-electron chi connectivity index (χ0n) is 18.7. The predicted molar refractivity (Wildman–Crippen MR) is 118 cm³/mol. The number of fused-ring (bicyclic) bond motifs is 1. The van der Waals surface area contributed by atoms with E-state index in [1.807, 2.05) is 49.9 Å². The fourth-order valence-electron chi connectivity index (χ4n) is 4.41. The Bertz CT molecular complexity index is 987. The van der Waals surface area contributed by atoms with Gasteiger partial charge in [-0.15, -0.1) is 0 Å². The Kier molecular flexibility index (Phi) is 5.94. The highest BCUT2D eigenvalue weighted by Crippen LogP contribution is 2.34. The van der Waals surface area contributed by atoms with Gasteiger partial charge in [-0.1, -0.05) is 26.0 Å². The molecule has 1 atom stereocenters. The summed E-state index contributed by atoms with van der Waals surface area (Å²) in [6.45, 7) is 7.72. The number of rotatable bonds is 5. The van der Waals surface area contributed by atoms with Crippen LogP contribution in [0.3, 0.4) is 0 Å². The molecule has 31 heavy (non-hydrogen) atoms. The monoisotopic (exact) mass is 422 g/mol. The third kappa shape index (κ3) is 4.27. The summed E-state index contributed by atoms with van der Waals surface area (Å²) in [7, 11) is 1.64. The average Bonchev–Trinajstić information content (AvgIpc) is 3.09. The first-order valence-corrected chi connectivity index (χ1v) is 11.0. The van der Waals surface area contributed by atoms with E-state index in [9.17, 15) is 9.59 Å². The average molecular weight is 423 g/mol. The number of hydrogen-bond acceptors (Lipinski definition) is 5. The number of aromatic nitrogens is 2. The first-order chi connectivity index (χ1) is 14.9. The Morgan fingerprint density at radius 3 is 2.65 bits per heavy atom. The van der Waals surface area contributed by atoms with E-state index < -0.39 is 0 Å². The van der Waals surface area contributed by atoms with E-state index in [0.29, 0.717) is 19.5 Å². The summed E-state index contributed by atoms with van der Waals surface area (Å²) in [6, 6.07) is 7.73. The molecular weight excluding hydrogens is 392 g/mol. The fourth-order valence-corrected chi connectivity index (χ4v) is 4.41. The molecule has 7 nitrogen and oxygen atoms in total. The number of hydrogen-bond donors (Lipinski definition) is 0. The molecular formula is C24H30N4O3. The van der Waals surface area contributed by atoms with Crippen molar-refractivity contribution in [2.75, 3.05) is 25.1 Å². The second-order valence-electron chi connectivity index (χ2n) is 8.75. The van der Waals surface area contributed by atoms with E-state index in [2.05, 4.69) is 0 Å². The molecule has 0 bridgehead atoms. The largest absolute Gasteiger partial charge is 0.497 e. The van der Waals surface area contributed by atoms with Crippen molar-refractivity contribution in [3.05, 3.63) is 46.9 Å². The van der Waals surface area contributed by atoms with Crippen LogP contribution in [0.15, 0.2) is 24.3 Å². The third-order valence-electron chi connectivity index (χ3n) is 6.19. The number of anilines is 1. The number of carbonyl (C=O) groups excluding carboxylic acids is 2. The molecule has 1 saturated heterocycles. The van der Waals surface area contributed by atoms with E-state index in [1.54, 1.807) is 12.0 Å². The maximum absolute atomic E-state index is 12.8. The molecule has 2 amide bonds. The highest BCUT2D eigenvalue weighted by Gasteiger charge is 2.34. The zero-order chi connectivity index (χ0) is 22.1. The molecule has 7 heteroatoms. The number of likely N-dealkylation sites (tertiary alicyclic amines) is 1. The molecule has 1 aromatic carbocycles. The lowest BCUT2D eigenvalue weighted by atomic mass is 9.95. The van der Waals surface area contributed by atoms with Crippen LogP contribution in [0.4, 0.5) is 5.82 Å². The van der Waals surface area contributed by atoms with Gasteiger partial charge in [0, 0.05) is 36.2 Å². The SMILES string of the molecule is COc1ccc(CN2C(=O)Cc3c(C)nc([C@@H]4CCCN(C(=O)C(C)C)C4)nc32)cc1. The smallest absolute Gasteiger partial charge is 0.233 e. The molecule has 3 heterocycles.